The summed E-state index contributed by atoms with van der Waals surface area (Å²) in [5.74, 6) is -1.26. The average molecular weight is 496 g/mol. The van der Waals surface area contributed by atoms with Gasteiger partial charge in [-0.15, -0.1) is 0 Å². The van der Waals surface area contributed by atoms with Gasteiger partial charge in [-0.1, -0.05) is 48.5 Å². The highest BCUT2D eigenvalue weighted by molar-refractivity contribution is 7.89. The summed E-state index contributed by atoms with van der Waals surface area (Å²) < 4.78 is 27.7. The van der Waals surface area contributed by atoms with Crippen LogP contribution in [0.4, 0.5) is 10.5 Å². The van der Waals surface area contributed by atoms with Crippen LogP contribution in [0.1, 0.15) is 25.0 Å². The average Bonchev–Trinajstić information content (AvgIpc) is 2.78. The molecule has 0 aliphatic carbocycles. The quantitative estimate of drug-likeness (QED) is 0.355. The van der Waals surface area contributed by atoms with Gasteiger partial charge in [0.25, 0.3) is 0 Å². The molecular weight excluding hydrogens is 466 g/mol. The normalized spacial score (nSPS) is 12.2. The number of hydrogen-bond acceptors (Lipinski definition) is 4. The Hall–Kier alpha value is -3.69. The van der Waals surface area contributed by atoms with E-state index in [1.54, 1.807) is 37.3 Å². The number of nitrogens with one attached hydrogen (secondary N) is 3. The number of amides is 2. The number of urea groups is 1. The van der Waals surface area contributed by atoms with Gasteiger partial charge in [0.05, 0.1) is 4.90 Å². The summed E-state index contributed by atoms with van der Waals surface area (Å²) in [5, 5.41) is 15.2. The Morgan fingerprint density at radius 3 is 2.23 bits per heavy atom. The number of carboxylic acid groups (broad SMARTS) is 1. The lowest BCUT2D eigenvalue weighted by atomic mass is 10.0. The summed E-state index contributed by atoms with van der Waals surface area (Å²) in [6, 6.07) is 19.2. The minimum absolute atomic E-state index is 0.0154. The van der Waals surface area contributed by atoms with Crippen LogP contribution in [0.3, 0.4) is 0 Å². The molecule has 8 nitrogen and oxygen atoms in total. The number of sulfonamides is 1. The van der Waals surface area contributed by atoms with Crippen molar-refractivity contribution in [1.82, 2.24) is 10.0 Å². The fraction of sp³-hybridized carbons (Fsp3) is 0.231. The van der Waals surface area contributed by atoms with Crippen LogP contribution >= 0.6 is 0 Å². The molecule has 0 fully saturated rings. The van der Waals surface area contributed by atoms with Gasteiger partial charge in [-0.05, 0) is 73.7 Å². The van der Waals surface area contributed by atoms with E-state index in [0.717, 1.165) is 16.7 Å². The highest BCUT2D eigenvalue weighted by Crippen LogP contribution is 2.24. The van der Waals surface area contributed by atoms with Crippen molar-refractivity contribution in [3.8, 4) is 11.1 Å². The van der Waals surface area contributed by atoms with Gasteiger partial charge in [0, 0.05) is 11.7 Å². The third-order valence-corrected chi connectivity index (χ3v) is 6.63. The molecule has 0 radical (unpaired) electrons. The lowest BCUT2D eigenvalue weighted by Gasteiger charge is -2.16. The molecule has 0 aliphatic heterocycles. The highest BCUT2D eigenvalue weighted by Gasteiger charge is 2.25. The summed E-state index contributed by atoms with van der Waals surface area (Å²) in [5.41, 5.74) is 3.80. The van der Waals surface area contributed by atoms with Gasteiger partial charge in [-0.25, -0.2) is 13.2 Å². The maximum atomic E-state index is 12.7. The van der Waals surface area contributed by atoms with E-state index in [4.69, 9.17) is 0 Å². The van der Waals surface area contributed by atoms with Crippen molar-refractivity contribution >= 4 is 27.7 Å². The number of aliphatic carboxylic acids is 1. The fourth-order valence-electron chi connectivity index (χ4n) is 3.49. The van der Waals surface area contributed by atoms with Crippen LogP contribution in [-0.2, 0) is 21.2 Å². The molecule has 0 saturated heterocycles. The first-order chi connectivity index (χ1) is 16.5. The molecule has 1 unspecified atom stereocenters. The van der Waals surface area contributed by atoms with Gasteiger partial charge >= 0.3 is 12.0 Å². The minimum atomic E-state index is -3.99. The Morgan fingerprint density at radius 1 is 0.914 bits per heavy atom. The van der Waals surface area contributed by atoms with E-state index in [2.05, 4.69) is 15.4 Å². The van der Waals surface area contributed by atoms with Gasteiger partial charge in [0.15, 0.2) is 0 Å². The number of carboxylic acids is 1. The van der Waals surface area contributed by atoms with Crippen LogP contribution < -0.4 is 15.4 Å². The van der Waals surface area contributed by atoms with Crippen molar-refractivity contribution in [2.75, 3.05) is 5.32 Å². The molecule has 3 rings (SSSR count). The number of aryl methyl sites for hydroxylation is 1. The van der Waals surface area contributed by atoms with Gasteiger partial charge in [-0.2, -0.15) is 4.72 Å². The molecule has 0 bridgehead atoms. The van der Waals surface area contributed by atoms with Crippen LogP contribution in [0.25, 0.3) is 11.1 Å². The third kappa shape index (κ3) is 7.40. The highest BCUT2D eigenvalue weighted by atomic mass is 32.2. The topological polar surface area (TPSA) is 125 Å². The molecular formula is C26H29N3O5S. The smallest absolute Gasteiger partial charge is 0.322 e. The van der Waals surface area contributed by atoms with Crippen LogP contribution in [0.15, 0.2) is 77.7 Å². The lowest BCUT2D eigenvalue weighted by Crippen LogP contribution is -2.42. The van der Waals surface area contributed by atoms with E-state index in [9.17, 15) is 23.1 Å². The molecule has 184 valence electrons. The van der Waals surface area contributed by atoms with E-state index >= 15 is 0 Å². The van der Waals surface area contributed by atoms with Crippen molar-refractivity contribution in [2.24, 2.45) is 0 Å². The fourth-order valence-corrected chi connectivity index (χ4v) is 4.79. The zero-order valence-corrected chi connectivity index (χ0v) is 20.6. The van der Waals surface area contributed by atoms with Crippen molar-refractivity contribution in [3.05, 3.63) is 83.9 Å². The van der Waals surface area contributed by atoms with E-state index in [0.29, 0.717) is 11.3 Å². The van der Waals surface area contributed by atoms with E-state index in [1.165, 1.54) is 12.1 Å². The van der Waals surface area contributed by atoms with Crippen LogP contribution in [0.5, 0.6) is 0 Å². The number of carbonyl (C=O) groups is 2. The predicted molar refractivity (Wildman–Crippen MR) is 136 cm³/mol. The molecule has 0 spiro atoms. The standard InChI is InChI=1S/C26H29N3O5S/c1-17(2)27-26(32)28-22-8-5-7-21(16-22)20-12-10-19(11-13-20)15-24(25(30)31)29-35(33,34)23-9-4-6-18(3)14-23/h4-14,16-17,24,29H,15H2,1-3H3,(H,30,31)(H2,27,28,32). The first kappa shape index (κ1) is 25.9. The Morgan fingerprint density at radius 2 is 1.60 bits per heavy atom. The molecule has 0 heterocycles. The first-order valence-corrected chi connectivity index (χ1v) is 12.6. The summed E-state index contributed by atoms with van der Waals surface area (Å²) in [7, 11) is -3.99. The summed E-state index contributed by atoms with van der Waals surface area (Å²) >= 11 is 0. The van der Waals surface area contributed by atoms with Gasteiger partial charge in [-0.3, -0.25) is 4.79 Å². The number of carbonyl (C=O) groups excluding carboxylic acids is 1. The number of anilines is 1. The Labute approximate surface area is 205 Å². The number of rotatable bonds is 9. The van der Waals surface area contributed by atoms with Crippen molar-refractivity contribution < 1.29 is 23.1 Å². The van der Waals surface area contributed by atoms with Gasteiger partial charge < -0.3 is 15.7 Å². The van der Waals surface area contributed by atoms with Crippen LogP contribution in [0, 0.1) is 6.92 Å². The maximum absolute atomic E-state index is 12.7. The van der Waals surface area contributed by atoms with Gasteiger partial charge in [0.1, 0.15) is 6.04 Å². The molecule has 0 saturated carbocycles. The lowest BCUT2D eigenvalue weighted by molar-refractivity contribution is -0.138. The molecule has 3 aromatic carbocycles. The summed E-state index contributed by atoms with van der Waals surface area (Å²) in [4.78, 5) is 23.8. The second kappa shape index (κ2) is 11.2. The second-order valence-corrected chi connectivity index (χ2v) is 10.3. The molecule has 9 heteroatoms. The summed E-state index contributed by atoms with van der Waals surface area (Å²) in [6.45, 7) is 5.52. The number of hydrogen-bond donors (Lipinski definition) is 4. The maximum Gasteiger partial charge on any atom is 0.322 e. The third-order valence-electron chi connectivity index (χ3n) is 5.16. The Bertz CT molecular complexity index is 1300. The van der Waals surface area contributed by atoms with E-state index in [-0.39, 0.29) is 23.4 Å². The molecule has 2 amide bonds. The largest absolute Gasteiger partial charge is 0.480 e. The minimum Gasteiger partial charge on any atom is -0.480 e. The predicted octanol–water partition coefficient (Wildman–Crippen LogP) is 4.17. The molecule has 3 aromatic rings. The SMILES string of the molecule is Cc1cccc(S(=O)(=O)NC(Cc2ccc(-c3cccc(NC(=O)NC(C)C)c3)cc2)C(=O)O)c1. The monoisotopic (exact) mass is 495 g/mol. The van der Waals surface area contributed by atoms with Gasteiger partial charge in [0.2, 0.25) is 10.0 Å². The molecule has 1 atom stereocenters. The Kier molecular flexibility index (Phi) is 8.26. The van der Waals surface area contributed by atoms with E-state index < -0.39 is 22.0 Å². The molecule has 0 aromatic heterocycles. The first-order valence-electron chi connectivity index (χ1n) is 11.1. The van der Waals surface area contributed by atoms with Crippen molar-refractivity contribution in [2.45, 2.75) is 44.2 Å². The zero-order chi connectivity index (χ0) is 25.6. The molecule has 0 aliphatic rings. The number of benzene rings is 3. The Balaban J connectivity index is 1.72. The zero-order valence-electron chi connectivity index (χ0n) is 19.8. The molecule has 35 heavy (non-hydrogen) atoms. The van der Waals surface area contributed by atoms with Crippen LogP contribution in [-0.4, -0.2) is 37.6 Å². The van der Waals surface area contributed by atoms with Crippen molar-refractivity contribution in [3.63, 3.8) is 0 Å². The second-order valence-electron chi connectivity index (χ2n) is 8.56. The van der Waals surface area contributed by atoms with E-state index in [1.807, 2.05) is 44.2 Å². The summed E-state index contributed by atoms with van der Waals surface area (Å²) in [6.07, 6.45) is -0.0162. The van der Waals surface area contributed by atoms with Crippen molar-refractivity contribution in [1.29, 1.82) is 0 Å². The van der Waals surface area contributed by atoms with Crippen LogP contribution in [0.2, 0.25) is 0 Å². The molecule has 4 N–H and O–H groups in total.